The number of carbonyl (C=O) groups is 1. The van der Waals surface area contributed by atoms with Crippen LogP contribution >= 0.6 is 35.6 Å². The summed E-state index contributed by atoms with van der Waals surface area (Å²) in [6, 6.07) is 14.0. The molecule has 23 heavy (non-hydrogen) atoms. The third kappa shape index (κ3) is 2.61. The predicted molar refractivity (Wildman–Crippen MR) is 101 cm³/mol. The molecule has 0 bridgehead atoms. The lowest BCUT2D eigenvalue weighted by Crippen LogP contribution is -2.17. The third-order valence-electron chi connectivity index (χ3n) is 3.62. The van der Waals surface area contributed by atoms with Crippen molar-refractivity contribution in [3.63, 3.8) is 0 Å². The Kier molecular flexibility index (Phi) is 3.56. The number of thiocarbonyl (C=S) groups is 1. The van der Waals surface area contributed by atoms with Gasteiger partial charge in [-0.15, -0.1) is 0 Å². The van der Waals surface area contributed by atoms with E-state index in [0.29, 0.717) is 19.9 Å². The molecule has 1 N–H and O–H groups in total. The van der Waals surface area contributed by atoms with Crippen molar-refractivity contribution in [1.29, 1.82) is 0 Å². The zero-order valence-corrected chi connectivity index (χ0v) is 14.1. The Bertz CT molecular complexity index is 1030. The number of benzene rings is 2. The molecule has 1 amide bonds. The summed E-state index contributed by atoms with van der Waals surface area (Å²) in [5, 5.41) is 6.11. The summed E-state index contributed by atoms with van der Waals surface area (Å²) >= 11 is 12.6. The number of nitrogens with one attached hydrogen (secondary N) is 1. The summed E-state index contributed by atoms with van der Waals surface area (Å²) in [7, 11) is 0. The molecule has 2 aromatic carbocycles. The molecule has 1 aromatic heterocycles. The van der Waals surface area contributed by atoms with E-state index in [2.05, 4.69) is 16.4 Å². The van der Waals surface area contributed by atoms with E-state index in [4.69, 9.17) is 23.8 Å². The molecule has 1 aliphatic heterocycles. The van der Waals surface area contributed by atoms with Gasteiger partial charge in [0, 0.05) is 16.3 Å². The maximum absolute atomic E-state index is 11.8. The fourth-order valence-corrected chi connectivity index (χ4v) is 3.80. The lowest BCUT2D eigenvalue weighted by molar-refractivity contribution is -0.115. The van der Waals surface area contributed by atoms with Crippen LogP contribution in [0.3, 0.4) is 0 Å². The molecule has 1 fully saturated rings. The number of pyridine rings is 1. The van der Waals surface area contributed by atoms with E-state index in [1.54, 1.807) is 6.08 Å². The van der Waals surface area contributed by atoms with E-state index in [1.165, 1.54) is 11.8 Å². The number of nitrogens with zero attached hydrogens (tertiary/aromatic N) is 1. The van der Waals surface area contributed by atoms with Crippen molar-refractivity contribution in [2.24, 2.45) is 0 Å². The van der Waals surface area contributed by atoms with Crippen molar-refractivity contribution in [3.05, 3.63) is 58.1 Å². The first-order valence-corrected chi connectivity index (χ1v) is 8.45. The molecule has 0 atom stereocenters. The molecule has 1 saturated heterocycles. The maximum atomic E-state index is 11.8. The minimum atomic E-state index is -0.199. The zero-order valence-electron chi connectivity index (χ0n) is 11.7. The SMILES string of the molecule is O=C1NC(=S)S/C1=C\c1cc2ccc3ccccc3c2nc1Cl. The quantitative estimate of drug-likeness (QED) is 0.301. The number of amides is 1. The smallest absolute Gasteiger partial charge is 0.263 e. The first-order chi connectivity index (χ1) is 11.1. The Morgan fingerprint density at radius 2 is 1.96 bits per heavy atom. The summed E-state index contributed by atoms with van der Waals surface area (Å²) in [6.45, 7) is 0. The molecule has 4 rings (SSSR count). The maximum Gasteiger partial charge on any atom is 0.263 e. The first kappa shape index (κ1) is 14.6. The highest BCUT2D eigenvalue weighted by molar-refractivity contribution is 8.26. The average molecular weight is 357 g/mol. The molecule has 0 aliphatic carbocycles. The second-order valence-corrected chi connectivity index (χ2v) is 7.16. The van der Waals surface area contributed by atoms with Crippen molar-refractivity contribution in [2.45, 2.75) is 0 Å². The fourth-order valence-electron chi connectivity index (χ4n) is 2.57. The van der Waals surface area contributed by atoms with Gasteiger partial charge in [-0.25, -0.2) is 4.98 Å². The van der Waals surface area contributed by atoms with Gasteiger partial charge in [0.2, 0.25) is 0 Å². The summed E-state index contributed by atoms with van der Waals surface area (Å²) < 4.78 is 0.456. The van der Waals surface area contributed by atoms with Crippen LogP contribution in [-0.2, 0) is 4.79 Å². The van der Waals surface area contributed by atoms with Crippen molar-refractivity contribution in [1.82, 2.24) is 10.3 Å². The largest absolute Gasteiger partial charge is 0.307 e. The van der Waals surface area contributed by atoms with Crippen molar-refractivity contribution >= 4 is 73.6 Å². The molecule has 0 spiro atoms. The zero-order chi connectivity index (χ0) is 16.0. The molecule has 0 unspecified atom stereocenters. The van der Waals surface area contributed by atoms with Gasteiger partial charge in [-0.1, -0.05) is 72.0 Å². The van der Waals surface area contributed by atoms with E-state index >= 15 is 0 Å². The Labute approximate surface area is 146 Å². The van der Waals surface area contributed by atoms with Crippen LogP contribution in [-0.4, -0.2) is 15.2 Å². The van der Waals surface area contributed by atoms with Crippen molar-refractivity contribution < 1.29 is 4.79 Å². The van der Waals surface area contributed by atoms with E-state index in [1.807, 2.05) is 36.4 Å². The number of rotatable bonds is 1. The number of aromatic nitrogens is 1. The van der Waals surface area contributed by atoms with Gasteiger partial charge in [-0.2, -0.15) is 0 Å². The van der Waals surface area contributed by atoms with E-state index in [0.717, 1.165) is 21.7 Å². The minimum absolute atomic E-state index is 0.199. The van der Waals surface area contributed by atoms with Gasteiger partial charge < -0.3 is 5.32 Å². The number of hydrogen-bond donors (Lipinski definition) is 1. The van der Waals surface area contributed by atoms with Gasteiger partial charge in [0.05, 0.1) is 10.4 Å². The third-order valence-corrected chi connectivity index (χ3v) is 5.09. The van der Waals surface area contributed by atoms with Crippen LogP contribution in [0.15, 0.2) is 47.4 Å². The summed E-state index contributed by atoms with van der Waals surface area (Å²) in [5.41, 5.74) is 1.56. The number of fused-ring (bicyclic) bond motifs is 3. The first-order valence-electron chi connectivity index (χ1n) is 6.85. The molecule has 3 nitrogen and oxygen atoms in total. The Morgan fingerprint density at radius 1 is 1.17 bits per heavy atom. The summed E-state index contributed by atoms with van der Waals surface area (Å²) in [5.74, 6) is -0.199. The highest BCUT2D eigenvalue weighted by Gasteiger charge is 2.22. The Hall–Kier alpha value is -1.95. The lowest BCUT2D eigenvalue weighted by Gasteiger charge is -2.06. The van der Waals surface area contributed by atoms with Crippen LogP contribution in [0.4, 0.5) is 0 Å². The summed E-state index contributed by atoms with van der Waals surface area (Å²) in [4.78, 5) is 16.9. The topological polar surface area (TPSA) is 42.0 Å². The van der Waals surface area contributed by atoms with Gasteiger partial charge >= 0.3 is 0 Å². The molecule has 1 aliphatic rings. The molecule has 2 heterocycles. The molecular formula is C17H9ClN2OS2. The second-order valence-electron chi connectivity index (χ2n) is 5.08. The predicted octanol–water partition coefficient (Wildman–Crippen LogP) is 4.53. The molecule has 0 radical (unpaired) electrons. The van der Waals surface area contributed by atoms with E-state index < -0.39 is 0 Å². The Morgan fingerprint density at radius 3 is 2.74 bits per heavy atom. The summed E-state index contributed by atoms with van der Waals surface area (Å²) in [6.07, 6.45) is 1.73. The van der Waals surface area contributed by atoms with Crippen molar-refractivity contribution in [2.75, 3.05) is 0 Å². The molecule has 0 saturated carbocycles. The lowest BCUT2D eigenvalue weighted by atomic mass is 10.0. The molecule has 6 heteroatoms. The van der Waals surface area contributed by atoms with E-state index in [9.17, 15) is 4.79 Å². The van der Waals surface area contributed by atoms with Crippen LogP contribution in [0, 0.1) is 0 Å². The normalized spacial score (nSPS) is 16.5. The van der Waals surface area contributed by atoms with Gasteiger partial charge in [0.1, 0.15) is 9.47 Å². The average Bonchev–Trinajstić information content (AvgIpc) is 2.86. The highest BCUT2D eigenvalue weighted by Crippen LogP contribution is 2.31. The van der Waals surface area contributed by atoms with Crippen LogP contribution < -0.4 is 5.32 Å². The number of carbonyl (C=O) groups excluding carboxylic acids is 1. The molecule has 3 aromatic rings. The van der Waals surface area contributed by atoms with Gasteiger partial charge in [-0.3, -0.25) is 4.79 Å². The van der Waals surface area contributed by atoms with Crippen LogP contribution in [0.2, 0.25) is 5.15 Å². The number of hydrogen-bond acceptors (Lipinski definition) is 4. The van der Waals surface area contributed by atoms with Gasteiger partial charge in [-0.05, 0) is 17.5 Å². The molecule has 112 valence electrons. The van der Waals surface area contributed by atoms with E-state index in [-0.39, 0.29) is 5.91 Å². The molecular weight excluding hydrogens is 348 g/mol. The monoisotopic (exact) mass is 356 g/mol. The van der Waals surface area contributed by atoms with Gasteiger partial charge in [0.25, 0.3) is 5.91 Å². The van der Waals surface area contributed by atoms with Crippen LogP contribution in [0.1, 0.15) is 5.56 Å². The Balaban J connectivity index is 1.91. The van der Waals surface area contributed by atoms with Crippen LogP contribution in [0.25, 0.3) is 27.8 Å². The fraction of sp³-hybridized carbons (Fsp3) is 0. The van der Waals surface area contributed by atoms with Crippen molar-refractivity contribution in [3.8, 4) is 0 Å². The van der Waals surface area contributed by atoms with Gasteiger partial charge in [0.15, 0.2) is 0 Å². The number of halogens is 1. The second kappa shape index (κ2) is 5.60. The van der Waals surface area contributed by atoms with Crippen LogP contribution in [0.5, 0.6) is 0 Å². The minimum Gasteiger partial charge on any atom is -0.307 e. The standard InChI is InChI=1S/C17H9ClN2OS2/c18-15-11(8-13-16(21)20-17(22)23-13)7-10-6-5-9-3-1-2-4-12(9)14(10)19-15/h1-8H,(H,20,21,22)/b13-8-. The number of thioether (sulfide) groups is 1. The highest BCUT2D eigenvalue weighted by atomic mass is 35.5.